The van der Waals surface area contributed by atoms with E-state index in [9.17, 15) is 71.2 Å². The second-order valence-electron chi connectivity index (χ2n) is 31.1. The Kier molecular flexibility index (Phi) is 33.4. The maximum atomic E-state index is 14.1. The number of amides is 2. The maximum Gasteiger partial charge on any atom is 0.431 e. The average Bonchev–Trinajstić information content (AvgIpc) is 1.64. The molecule has 3 unspecified atom stereocenters. The molecule has 0 aliphatic heterocycles. The summed E-state index contributed by atoms with van der Waals surface area (Å²) in [6.07, 6.45) is 1.28. The van der Waals surface area contributed by atoms with Crippen LogP contribution in [-0.2, 0) is 45.2 Å². The van der Waals surface area contributed by atoms with Gasteiger partial charge < -0.3 is 41.4 Å². The van der Waals surface area contributed by atoms with E-state index >= 15 is 0 Å². The number of benzene rings is 10. The normalized spacial score (nSPS) is 11.4. The smallest absolute Gasteiger partial charge is 0.431 e. The zero-order valence-corrected chi connectivity index (χ0v) is 83.5. The summed E-state index contributed by atoms with van der Waals surface area (Å²) in [6.45, 7) is 15.8. The molecule has 0 saturated heterocycles. The molecular formula is C92H84Cl3F5N11O20P3S3. The molecule has 1 N–H and O–H groups in total. The van der Waals surface area contributed by atoms with E-state index in [1.54, 1.807) is 90.1 Å². The van der Waals surface area contributed by atoms with Crippen molar-refractivity contribution in [1.82, 2.24) is 44.1 Å². The van der Waals surface area contributed by atoms with E-state index in [2.05, 4.69) is 49.0 Å². The molecule has 3 atom stereocenters. The van der Waals surface area contributed by atoms with Crippen molar-refractivity contribution in [3.63, 3.8) is 0 Å². The number of nitrogens with one attached hydrogen (secondary N) is 1. The zero-order valence-electron chi connectivity index (χ0n) is 74.5. The molecule has 16 rings (SSSR count). The van der Waals surface area contributed by atoms with E-state index in [1.165, 1.54) is 95.7 Å². The fraction of sp³-hybridized carbons (Fsp3) is 0.163. The van der Waals surface area contributed by atoms with Crippen molar-refractivity contribution in [3.8, 4) is 73.4 Å². The minimum atomic E-state index is -5.10. The molecule has 45 heteroatoms. The van der Waals surface area contributed by atoms with Crippen LogP contribution in [0.3, 0.4) is 0 Å². The van der Waals surface area contributed by atoms with Gasteiger partial charge in [-0.15, -0.1) is 4.31 Å². The lowest BCUT2D eigenvalue weighted by molar-refractivity contribution is 0.0602. The maximum absolute atomic E-state index is 14.1. The van der Waals surface area contributed by atoms with E-state index < -0.39 is 110 Å². The molecule has 0 aliphatic rings. The third kappa shape index (κ3) is 23.8. The van der Waals surface area contributed by atoms with Gasteiger partial charge in [0.15, 0.2) is 15.7 Å². The number of carbonyl (C=O) groups is 2. The number of sulfonamides is 1. The molecule has 0 radical (unpaired) electrons. The van der Waals surface area contributed by atoms with Crippen molar-refractivity contribution < 1.29 is 98.2 Å². The highest BCUT2D eigenvalue weighted by Gasteiger charge is 2.39. The van der Waals surface area contributed by atoms with Gasteiger partial charge in [-0.1, -0.05) is 76.4 Å². The number of aromatic nitrogens is 9. The Hall–Kier alpha value is -13.4. The summed E-state index contributed by atoms with van der Waals surface area (Å²) in [5.74, 6) is -13.6. The minimum Gasteiger partial charge on any atom is -0.495 e. The number of hydrogen-bond acceptors (Lipinski definition) is 26. The summed E-state index contributed by atoms with van der Waals surface area (Å²) in [5.41, 5.74) is 7.75. The molecule has 137 heavy (non-hydrogen) atoms. The third-order valence-electron chi connectivity index (χ3n) is 19.7. The first-order valence-electron chi connectivity index (χ1n) is 39.4. The number of anilines is 2. The lowest BCUT2D eigenvalue weighted by Gasteiger charge is -2.24. The largest absolute Gasteiger partial charge is 0.495 e. The van der Waals surface area contributed by atoms with Crippen LogP contribution in [0.5, 0.6) is 23.0 Å². The Morgan fingerprint density at radius 2 is 0.781 bits per heavy atom. The van der Waals surface area contributed by atoms with E-state index in [0.717, 1.165) is 87.5 Å². The molecule has 0 aliphatic carbocycles. The van der Waals surface area contributed by atoms with Crippen LogP contribution in [0.25, 0.3) is 83.2 Å². The van der Waals surface area contributed by atoms with Crippen LogP contribution in [-0.4, -0.2) is 114 Å². The second kappa shape index (κ2) is 43.3. The van der Waals surface area contributed by atoms with Crippen LogP contribution in [0.2, 0.25) is 15.1 Å². The number of ether oxygens (including phenoxy) is 5. The Bertz CT molecular complexity index is 7810. The van der Waals surface area contributed by atoms with Crippen molar-refractivity contribution in [2.24, 2.45) is 0 Å². The molecule has 6 aromatic heterocycles. The number of hydrogen-bond donors (Lipinski definition) is 1. The fourth-order valence-corrected chi connectivity index (χ4v) is 17.2. The van der Waals surface area contributed by atoms with Gasteiger partial charge in [0.05, 0.1) is 64.7 Å². The van der Waals surface area contributed by atoms with Gasteiger partial charge in [-0.25, -0.2) is 39.6 Å². The summed E-state index contributed by atoms with van der Waals surface area (Å²) in [5, 5.41) is 15.9. The molecule has 6 heterocycles. The highest BCUT2D eigenvalue weighted by Crippen LogP contribution is 2.40. The van der Waals surface area contributed by atoms with Crippen molar-refractivity contribution in [2.75, 3.05) is 31.0 Å². The fourth-order valence-electron chi connectivity index (χ4n) is 13.4. The number of rotatable bonds is 19. The SMILES string of the molecule is CC(C)(C)OC(=O)Nc1ncon1.COc1cc(-c2ccc(Cl)c(C)c2)ccc1-n1c(=O)ccc2cc(S(=O)(=O)Cc3ncon3)ccc21.COc1cc(-c2ccc(Cl)c(C)c2)ccc1-n1c(=O)ccc2cc(S(=O)(=O)N(C(=O)OC(C)(C)C)c3ncon3)ccc21.COc1cc(-c2ccc(Cl)c(C)c2)ccc1-n1c(=O)ccc2cc(S(=O)(=O)Oc3c(F)c(F)c(F)c(F)c3F)ccc21.P.P.P. The van der Waals surface area contributed by atoms with Gasteiger partial charge in [0.25, 0.3) is 38.6 Å². The third-order valence-corrected chi connectivity index (χ3v) is 25.4. The molecule has 0 spiro atoms. The molecule has 0 bridgehead atoms. The van der Waals surface area contributed by atoms with Gasteiger partial charge in [0.2, 0.25) is 54.0 Å². The number of aryl methyl sites for hydroxylation is 3. The molecule has 16 aromatic rings. The first-order chi connectivity index (χ1) is 63.4. The lowest BCUT2D eigenvalue weighted by Crippen LogP contribution is -2.41. The molecule has 10 aromatic carbocycles. The standard InChI is InChI=1S/C30H27ClN4O7S.C29H17ClF5NO5S.C26H20ClN3O5S.C7H11N3O3.3H3P/c1-18-14-19(6-10-23(18)31)20-7-11-25(26(16-20)40-5)34-24-12-9-22(15-21(24)8-13-27(34)36)43(38,39)35(28-32-17-41-33-28)29(37)42-30(2,3)4;1-14-11-15(3-7-19(14)30)16-4-8-21(22(13-16)40-2)36-20-9-6-18(12-17(20)5-10-23(36)37)42(38,39)41-29-27(34)25(32)24(31)26(33)28(29)35;1-16-11-17(3-7-21(16)27)18-4-8-23(24(13-18)34-2)30-22-9-6-20(12-19(22)5-10-26(30)31)36(32,33)14-25-28-15-35-29-25;1-7(2,3)13-6(11)9-5-8-4-12-10-5;;;/h6-17H,1-5H3;3-13H,1-2H3;3-13,15H,14H2,1-2H3;4H,1-3H3,(H,9,10,11);3*1H3. The van der Waals surface area contributed by atoms with Gasteiger partial charge in [-0.2, -0.15) is 61.8 Å². The number of carbonyl (C=O) groups excluding carboxylic acids is 2. The highest BCUT2D eigenvalue weighted by molar-refractivity contribution is 7.93. The summed E-state index contributed by atoms with van der Waals surface area (Å²) in [7, 11) is -8.95. The molecule has 31 nitrogen and oxygen atoms in total. The predicted molar refractivity (Wildman–Crippen MR) is 521 cm³/mol. The summed E-state index contributed by atoms with van der Waals surface area (Å²) in [6, 6.07) is 53.1. The van der Waals surface area contributed by atoms with Gasteiger partial charge in [0.1, 0.15) is 39.1 Å². The Labute approximate surface area is 803 Å². The average molecular weight is 2050 g/mol. The number of sulfone groups is 1. The number of halogens is 8. The van der Waals surface area contributed by atoms with Crippen LogP contribution in [0.15, 0.2) is 262 Å². The van der Waals surface area contributed by atoms with Crippen LogP contribution >= 0.6 is 64.5 Å². The molecule has 0 fully saturated rings. The minimum absolute atomic E-state index is 0. The van der Waals surface area contributed by atoms with Crippen LogP contribution < -0.4 is 44.7 Å². The number of pyridine rings is 3. The quantitative estimate of drug-likeness (QED) is 0.0258. The van der Waals surface area contributed by atoms with Crippen molar-refractivity contribution in [3.05, 3.63) is 317 Å². The number of nitrogens with zero attached hydrogens (tertiary/aromatic N) is 10. The first kappa shape index (κ1) is 106. The van der Waals surface area contributed by atoms with Gasteiger partial charge in [-0.05, 0) is 268 Å². The zero-order chi connectivity index (χ0) is 97.0. The summed E-state index contributed by atoms with van der Waals surface area (Å²) >= 11 is 18.5. The van der Waals surface area contributed by atoms with E-state index in [0.29, 0.717) is 75.5 Å². The van der Waals surface area contributed by atoms with E-state index in [1.807, 2.05) is 93.6 Å². The first-order valence-corrected chi connectivity index (χ1v) is 45.1. The topological polar surface area (TPSA) is 390 Å². The van der Waals surface area contributed by atoms with Crippen molar-refractivity contribution in [2.45, 2.75) is 94.0 Å². The van der Waals surface area contributed by atoms with Gasteiger partial charge in [-0.3, -0.25) is 33.4 Å². The summed E-state index contributed by atoms with van der Waals surface area (Å²) < 4.78 is 197. The van der Waals surface area contributed by atoms with Crippen molar-refractivity contribution >= 4 is 151 Å². The van der Waals surface area contributed by atoms with E-state index in [4.69, 9.17) is 63.0 Å². The molecule has 0 saturated carbocycles. The number of fused-ring (bicyclic) bond motifs is 3. The Balaban J connectivity index is 0.000000197. The van der Waals surface area contributed by atoms with Crippen LogP contribution in [0.1, 0.15) is 64.1 Å². The highest BCUT2D eigenvalue weighted by atomic mass is 35.5. The monoisotopic (exact) mass is 2050 g/mol. The van der Waals surface area contributed by atoms with Crippen LogP contribution in [0.4, 0.5) is 43.4 Å². The van der Waals surface area contributed by atoms with E-state index in [-0.39, 0.29) is 73.3 Å². The predicted octanol–water partition coefficient (Wildman–Crippen LogP) is 19.8. The van der Waals surface area contributed by atoms with Gasteiger partial charge in [0, 0.05) is 49.4 Å². The molecule has 2 amide bonds. The second-order valence-corrected chi connectivity index (χ2v) is 37.7. The summed E-state index contributed by atoms with van der Waals surface area (Å²) in [4.78, 5) is 73.5. The number of methoxy groups -OCH3 is 3. The van der Waals surface area contributed by atoms with Crippen molar-refractivity contribution in [1.29, 1.82) is 0 Å². The van der Waals surface area contributed by atoms with Gasteiger partial charge >= 0.3 is 22.3 Å². The Morgan fingerprint density at radius 3 is 1.15 bits per heavy atom. The molecular weight excluding hydrogens is 1970 g/mol. The lowest BCUT2D eigenvalue weighted by atomic mass is 10.0. The molecule has 716 valence electrons. The Morgan fingerprint density at radius 1 is 0.423 bits per heavy atom. The van der Waals surface area contributed by atoms with Crippen LogP contribution in [0, 0.1) is 49.9 Å².